The van der Waals surface area contributed by atoms with Crippen LogP contribution in [0, 0.1) is 5.92 Å². The molecule has 0 aromatic heterocycles. The fourth-order valence-corrected chi connectivity index (χ4v) is 2.61. The summed E-state index contributed by atoms with van der Waals surface area (Å²) in [7, 11) is 4.04. The number of carbonyl (C=O) groups excluding carboxylic acids is 1. The maximum atomic E-state index is 12.5. The van der Waals surface area contributed by atoms with Crippen LogP contribution in [0.3, 0.4) is 0 Å². The van der Waals surface area contributed by atoms with Gasteiger partial charge in [0, 0.05) is 38.9 Å². The van der Waals surface area contributed by atoms with Crippen LogP contribution in [0.1, 0.15) is 18.9 Å². The lowest BCUT2D eigenvalue weighted by molar-refractivity contribution is -0.134. The Morgan fingerprint density at radius 1 is 1.24 bits per heavy atom. The van der Waals surface area contributed by atoms with Crippen molar-refractivity contribution < 1.29 is 4.79 Å². The van der Waals surface area contributed by atoms with Crippen LogP contribution in [0.25, 0.3) is 0 Å². The fourth-order valence-electron chi connectivity index (χ4n) is 2.61. The molecule has 21 heavy (non-hydrogen) atoms. The number of rotatable bonds is 5. The highest BCUT2D eigenvalue weighted by molar-refractivity contribution is 5.81. The van der Waals surface area contributed by atoms with Crippen molar-refractivity contribution in [2.24, 2.45) is 11.7 Å². The largest absolute Gasteiger partial charge is 0.378 e. The number of carbonyl (C=O) groups is 1. The van der Waals surface area contributed by atoms with E-state index in [0.717, 1.165) is 17.7 Å². The van der Waals surface area contributed by atoms with Gasteiger partial charge in [-0.1, -0.05) is 24.3 Å². The first-order valence-electron chi connectivity index (χ1n) is 7.50. The molecule has 2 atom stereocenters. The Morgan fingerprint density at radius 3 is 2.38 bits per heavy atom. The zero-order chi connectivity index (χ0) is 15.4. The van der Waals surface area contributed by atoms with Gasteiger partial charge in [-0.3, -0.25) is 4.79 Å². The van der Waals surface area contributed by atoms with Gasteiger partial charge in [-0.05, 0) is 31.0 Å². The molecule has 0 saturated carbocycles. The molecule has 2 unspecified atom stereocenters. The number of anilines is 1. The number of nitrogens with two attached hydrogens (primary N) is 1. The number of hydrogen-bond acceptors (Lipinski definition) is 3. The number of hydrogen-bond donors (Lipinski definition) is 1. The molecule has 2 rings (SSSR count). The monoisotopic (exact) mass is 287 g/mol. The number of benzene rings is 1. The van der Waals surface area contributed by atoms with Gasteiger partial charge in [-0.15, -0.1) is 0 Å². The molecule has 0 radical (unpaired) electrons. The summed E-state index contributed by atoms with van der Waals surface area (Å²) in [5, 5.41) is 0. The highest BCUT2D eigenvalue weighted by atomic mass is 16.2. The maximum absolute atomic E-state index is 12.5. The van der Waals surface area contributed by atoms with Gasteiger partial charge in [0.15, 0.2) is 0 Å². The average Bonchev–Trinajstić information content (AvgIpc) is 2.91. The van der Waals surface area contributed by atoms with E-state index >= 15 is 0 Å². The molecule has 1 amide bonds. The summed E-state index contributed by atoms with van der Waals surface area (Å²) in [6.07, 6.45) is 4.61. The molecule has 0 heterocycles. The summed E-state index contributed by atoms with van der Waals surface area (Å²) in [5.41, 5.74) is 8.16. The topological polar surface area (TPSA) is 49.6 Å². The van der Waals surface area contributed by atoms with E-state index in [9.17, 15) is 4.79 Å². The Labute approximate surface area is 127 Å². The van der Waals surface area contributed by atoms with E-state index in [2.05, 4.69) is 29.2 Å². The fraction of sp³-hybridized carbons (Fsp3) is 0.471. The molecule has 1 aliphatic carbocycles. The highest BCUT2D eigenvalue weighted by Crippen LogP contribution is 2.21. The molecule has 0 bridgehead atoms. The van der Waals surface area contributed by atoms with Crippen LogP contribution in [0.4, 0.5) is 5.69 Å². The van der Waals surface area contributed by atoms with Gasteiger partial charge in [0.1, 0.15) is 0 Å². The van der Waals surface area contributed by atoms with Crippen LogP contribution >= 0.6 is 0 Å². The quantitative estimate of drug-likeness (QED) is 0.843. The van der Waals surface area contributed by atoms with Crippen LogP contribution < -0.4 is 10.6 Å². The van der Waals surface area contributed by atoms with E-state index in [4.69, 9.17) is 5.73 Å². The second-order valence-corrected chi connectivity index (χ2v) is 5.80. The molecule has 114 valence electrons. The van der Waals surface area contributed by atoms with E-state index in [1.165, 1.54) is 0 Å². The summed E-state index contributed by atoms with van der Waals surface area (Å²) < 4.78 is 0. The van der Waals surface area contributed by atoms with Gasteiger partial charge in [-0.25, -0.2) is 0 Å². The molecule has 0 fully saturated rings. The van der Waals surface area contributed by atoms with Crippen molar-refractivity contribution >= 4 is 11.6 Å². The molecular formula is C17H25N3O. The average molecular weight is 287 g/mol. The second kappa shape index (κ2) is 6.76. The van der Waals surface area contributed by atoms with Crippen molar-refractivity contribution in [2.45, 2.75) is 25.9 Å². The van der Waals surface area contributed by atoms with Crippen molar-refractivity contribution in [1.82, 2.24) is 4.90 Å². The summed E-state index contributed by atoms with van der Waals surface area (Å²) in [6, 6.07) is 8.36. The first kappa shape index (κ1) is 15.6. The van der Waals surface area contributed by atoms with Gasteiger partial charge in [0.05, 0.1) is 5.92 Å². The van der Waals surface area contributed by atoms with Crippen LogP contribution in [0.2, 0.25) is 0 Å². The minimum Gasteiger partial charge on any atom is -0.378 e. The summed E-state index contributed by atoms with van der Waals surface area (Å²) in [6.45, 7) is 3.39. The molecule has 1 aromatic rings. The van der Waals surface area contributed by atoms with Crippen molar-refractivity contribution in [3.63, 3.8) is 0 Å². The Hall–Kier alpha value is -1.81. The summed E-state index contributed by atoms with van der Waals surface area (Å²) >= 11 is 0. The van der Waals surface area contributed by atoms with Crippen molar-refractivity contribution in [3.05, 3.63) is 42.0 Å². The highest BCUT2D eigenvalue weighted by Gasteiger charge is 2.26. The normalized spacial score (nSPS) is 20.6. The van der Waals surface area contributed by atoms with E-state index < -0.39 is 0 Å². The molecule has 4 nitrogen and oxygen atoms in total. The van der Waals surface area contributed by atoms with E-state index in [0.29, 0.717) is 13.1 Å². The van der Waals surface area contributed by atoms with Gasteiger partial charge in [0.2, 0.25) is 5.91 Å². The lowest BCUT2D eigenvalue weighted by atomic mass is 10.1. The summed E-state index contributed by atoms with van der Waals surface area (Å²) in [4.78, 5) is 16.5. The van der Waals surface area contributed by atoms with Gasteiger partial charge >= 0.3 is 0 Å². The van der Waals surface area contributed by atoms with Crippen LogP contribution in [0.15, 0.2) is 36.4 Å². The Morgan fingerprint density at radius 2 is 1.90 bits per heavy atom. The Bertz CT molecular complexity index is 507. The molecule has 2 N–H and O–H groups in total. The third-order valence-corrected chi connectivity index (χ3v) is 3.95. The van der Waals surface area contributed by atoms with Crippen molar-refractivity contribution in [2.75, 3.05) is 25.5 Å². The predicted molar refractivity (Wildman–Crippen MR) is 87.1 cm³/mol. The second-order valence-electron chi connectivity index (χ2n) is 5.80. The molecule has 0 spiro atoms. The lowest BCUT2D eigenvalue weighted by Crippen LogP contribution is -2.35. The van der Waals surface area contributed by atoms with E-state index in [1.54, 1.807) is 0 Å². The number of nitrogens with zero attached hydrogens (tertiary/aromatic N) is 2. The third kappa shape index (κ3) is 3.85. The minimum atomic E-state index is -0.0546. The SMILES string of the molecule is CCN(Cc1ccc(N(C)C)cc1)C(=O)C1C=CC(N)C1. The van der Waals surface area contributed by atoms with Gasteiger partial charge < -0.3 is 15.5 Å². The van der Waals surface area contributed by atoms with E-state index in [-0.39, 0.29) is 17.9 Å². The Kier molecular flexibility index (Phi) is 5.02. The molecule has 1 aliphatic rings. The lowest BCUT2D eigenvalue weighted by Gasteiger charge is -2.24. The van der Waals surface area contributed by atoms with Gasteiger partial charge in [-0.2, -0.15) is 0 Å². The molecule has 0 saturated heterocycles. The molecule has 4 heteroatoms. The van der Waals surface area contributed by atoms with Crippen LogP contribution in [-0.2, 0) is 11.3 Å². The predicted octanol–water partition coefficient (Wildman–Crippen LogP) is 2.00. The standard InChI is InChI=1S/C17H25N3O/c1-4-20(17(21)14-7-8-15(18)11-14)12-13-5-9-16(10-6-13)19(2)3/h5-10,14-15H,4,11-12,18H2,1-3H3. The van der Waals surface area contributed by atoms with Crippen LogP contribution in [-0.4, -0.2) is 37.5 Å². The molecule has 0 aliphatic heterocycles. The first-order valence-corrected chi connectivity index (χ1v) is 7.50. The van der Waals surface area contributed by atoms with Crippen LogP contribution in [0.5, 0.6) is 0 Å². The number of amides is 1. The molecule has 1 aromatic carbocycles. The maximum Gasteiger partial charge on any atom is 0.229 e. The zero-order valence-corrected chi connectivity index (χ0v) is 13.1. The van der Waals surface area contributed by atoms with Crippen molar-refractivity contribution in [3.8, 4) is 0 Å². The smallest absolute Gasteiger partial charge is 0.229 e. The Balaban J connectivity index is 2.01. The first-order chi connectivity index (χ1) is 10.0. The third-order valence-electron chi connectivity index (χ3n) is 3.95. The molecular weight excluding hydrogens is 262 g/mol. The van der Waals surface area contributed by atoms with Crippen molar-refractivity contribution in [1.29, 1.82) is 0 Å². The minimum absolute atomic E-state index is 0.0250. The zero-order valence-electron chi connectivity index (χ0n) is 13.1. The van der Waals surface area contributed by atoms with E-state index in [1.807, 2.05) is 38.1 Å². The summed E-state index contributed by atoms with van der Waals surface area (Å²) in [5.74, 6) is 0.124. The van der Waals surface area contributed by atoms with Gasteiger partial charge in [0.25, 0.3) is 0 Å².